The smallest absolute Gasteiger partial charge is 0.330 e. The van der Waals surface area contributed by atoms with Crippen LogP contribution in [0.1, 0.15) is 39.5 Å². The number of hydrogen-bond acceptors (Lipinski definition) is 2. The molecule has 1 atom stereocenters. The van der Waals surface area contributed by atoms with Gasteiger partial charge in [-0.3, -0.25) is 0 Å². The van der Waals surface area contributed by atoms with Crippen molar-refractivity contribution in [3.63, 3.8) is 0 Å². The largest absolute Gasteiger partial charge is 0.462 e. The standard InChI is InChI=1S/C11H20O2.C4H6/c1-4-7-8-10(5-2)9-13-11(12)6-3;1-3-4-2/h6,10H,3-5,7-9H2,1-2H3;3-4H,1-2H2. The van der Waals surface area contributed by atoms with Crippen molar-refractivity contribution >= 4 is 5.97 Å². The minimum Gasteiger partial charge on any atom is -0.462 e. The van der Waals surface area contributed by atoms with E-state index in [2.05, 4.69) is 33.6 Å². The van der Waals surface area contributed by atoms with Crippen LogP contribution in [-0.4, -0.2) is 12.6 Å². The monoisotopic (exact) mass is 238 g/mol. The molecule has 0 aromatic carbocycles. The fourth-order valence-electron chi connectivity index (χ4n) is 1.16. The van der Waals surface area contributed by atoms with Crippen molar-refractivity contribution < 1.29 is 9.53 Å². The molecule has 0 aromatic heterocycles. The minimum absolute atomic E-state index is 0.310. The van der Waals surface area contributed by atoms with Crippen molar-refractivity contribution in [3.05, 3.63) is 38.0 Å². The highest BCUT2D eigenvalue weighted by atomic mass is 16.5. The lowest BCUT2D eigenvalue weighted by Gasteiger charge is -2.13. The quantitative estimate of drug-likeness (QED) is 0.358. The third-order valence-corrected chi connectivity index (χ3v) is 2.34. The third-order valence-electron chi connectivity index (χ3n) is 2.34. The fourth-order valence-corrected chi connectivity index (χ4v) is 1.16. The Morgan fingerprint density at radius 2 is 1.82 bits per heavy atom. The Morgan fingerprint density at radius 3 is 2.18 bits per heavy atom. The molecule has 0 aliphatic heterocycles. The highest BCUT2D eigenvalue weighted by Crippen LogP contribution is 2.12. The van der Waals surface area contributed by atoms with E-state index in [1.54, 1.807) is 12.2 Å². The molecule has 17 heavy (non-hydrogen) atoms. The van der Waals surface area contributed by atoms with Crippen molar-refractivity contribution in [2.24, 2.45) is 5.92 Å². The number of allylic oxidation sites excluding steroid dienone is 2. The molecule has 0 rings (SSSR count). The highest BCUT2D eigenvalue weighted by Gasteiger charge is 2.07. The number of carbonyl (C=O) groups excluding carboxylic acids is 1. The summed E-state index contributed by atoms with van der Waals surface area (Å²) < 4.78 is 4.98. The zero-order valence-corrected chi connectivity index (χ0v) is 11.3. The van der Waals surface area contributed by atoms with Gasteiger partial charge in [0.05, 0.1) is 6.61 Å². The summed E-state index contributed by atoms with van der Waals surface area (Å²) in [4.78, 5) is 10.8. The van der Waals surface area contributed by atoms with E-state index in [9.17, 15) is 4.79 Å². The van der Waals surface area contributed by atoms with Gasteiger partial charge in [0.15, 0.2) is 0 Å². The lowest BCUT2D eigenvalue weighted by atomic mass is 10.0. The van der Waals surface area contributed by atoms with Crippen LogP contribution in [0.25, 0.3) is 0 Å². The van der Waals surface area contributed by atoms with E-state index >= 15 is 0 Å². The number of carbonyl (C=O) groups is 1. The van der Waals surface area contributed by atoms with Gasteiger partial charge in [-0.2, -0.15) is 0 Å². The molecule has 0 heterocycles. The van der Waals surface area contributed by atoms with E-state index in [0.717, 1.165) is 12.8 Å². The maximum atomic E-state index is 10.8. The van der Waals surface area contributed by atoms with Gasteiger partial charge in [0.25, 0.3) is 0 Å². The second-order valence-corrected chi connectivity index (χ2v) is 3.72. The van der Waals surface area contributed by atoms with Gasteiger partial charge in [0, 0.05) is 6.08 Å². The van der Waals surface area contributed by atoms with Crippen LogP contribution in [-0.2, 0) is 9.53 Å². The molecule has 0 aliphatic carbocycles. The summed E-state index contributed by atoms with van der Waals surface area (Å²) in [5, 5.41) is 0. The second kappa shape index (κ2) is 14.7. The SMILES string of the molecule is C=CC(=O)OCC(CC)CCCC.C=CC=C. The van der Waals surface area contributed by atoms with Gasteiger partial charge in [-0.25, -0.2) is 4.79 Å². The van der Waals surface area contributed by atoms with Crippen molar-refractivity contribution in [2.75, 3.05) is 6.61 Å². The average molecular weight is 238 g/mol. The molecule has 0 amide bonds. The fraction of sp³-hybridized carbons (Fsp3) is 0.533. The summed E-state index contributed by atoms with van der Waals surface area (Å²) in [7, 11) is 0. The lowest BCUT2D eigenvalue weighted by molar-refractivity contribution is -0.139. The van der Waals surface area contributed by atoms with E-state index in [-0.39, 0.29) is 5.97 Å². The summed E-state index contributed by atoms with van der Waals surface area (Å²) in [5.74, 6) is 0.207. The second-order valence-electron chi connectivity index (χ2n) is 3.72. The zero-order valence-electron chi connectivity index (χ0n) is 11.3. The number of unbranched alkanes of at least 4 members (excludes halogenated alkanes) is 1. The molecule has 0 saturated carbocycles. The summed E-state index contributed by atoms with van der Waals surface area (Å²) in [6.45, 7) is 14.9. The summed E-state index contributed by atoms with van der Waals surface area (Å²) in [6, 6.07) is 0. The first-order chi connectivity index (χ1) is 8.15. The average Bonchev–Trinajstić information content (AvgIpc) is 2.38. The Labute approximate surface area is 106 Å². The molecule has 0 saturated heterocycles. The molecule has 2 nitrogen and oxygen atoms in total. The van der Waals surface area contributed by atoms with Gasteiger partial charge in [0.1, 0.15) is 0 Å². The summed E-state index contributed by atoms with van der Waals surface area (Å²) >= 11 is 0. The van der Waals surface area contributed by atoms with Crippen LogP contribution in [0.3, 0.4) is 0 Å². The highest BCUT2D eigenvalue weighted by molar-refractivity contribution is 5.81. The van der Waals surface area contributed by atoms with Crippen LogP contribution in [0.2, 0.25) is 0 Å². The molecule has 0 N–H and O–H groups in total. The molecule has 0 spiro atoms. The van der Waals surface area contributed by atoms with E-state index in [4.69, 9.17) is 4.74 Å². The maximum absolute atomic E-state index is 10.8. The molecule has 0 aromatic rings. The Hall–Kier alpha value is -1.31. The molecular formula is C15H26O2. The Morgan fingerprint density at radius 1 is 1.24 bits per heavy atom. The van der Waals surface area contributed by atoms with Gasteiger partial charge >= 0.3 is 5.97 Å². The topological polar surface area (TPSA) is 26.3 Å². The summed E-state index contributed by atoms with van der Waals surface area (Å²) in [5.41, 5.74) is 0. The number of esters is 1. The van der Waals surface area contributed by atoms with E-state index < -0.39 is 0 Å². The van der Waals surface area contributed by atoms with Gasteiger partial charge < -0.3 is 4.74 Å². The Balaban J connectivity index is 0. The minimum atomic E-state index is -0.310. The first kappa shape index (κ1) is 18.1. The zero-order chi connectivity index (χ0) is 13.5. The molecular weight excluding hydrogens is 212 g/mol. The van der Waals surface area contributed by atoms with Crippen LogP contribution >= 0.6 is 0 Å². The van der Waals surface area contributed by atoms with Gasteiger partial charge in [-0.15, -0.1) is 0 Å². The Bertz CT molecular complexity index is 213. The van der Waals surface area contributed by atoms with Crippen molar-refractivity contribution in [2.45, 2.75) is 39.5 Å². The third kappa shape index (κ3) is 14.7. The van der Waals surface area contributed by atoms with Crippen LogP contribution in [0.5, 0.6) is 0 Å². The van der Waals surface area contributed by atoms with E-state index in [0.29, 0.717) is 12.5 Å². The van der Waals surface area contributed by atoms with Crippen LogP contribution < -0.4 is 0 Å². The normalized spacial score (nSPS) is 10.5. The van der Waals surface area contributed by atoms with Crippen LogP contribution in [0.4, 0.5) is 0 Å². The lowest BCUT2D eigenvalue weighted by Crippen LogP contribution is -2.12. The first-order valence-electron chi connectivity index (χ1n) is 6.18. The molecule has 0 radical (unpaired) electrons. The molecule has 0 fully saturated rings. The van der Waals surface area contributed by atoms with E-state index in [1.165, 1.54) is 18.9 Å². The van der Waals surface area contributed by atoms with Gasteiger partial charge in [-0.1, -0.05) is 65.0 Å². The van der Waals surface area contributed by atoms with Crippen LogP contribution in [0.15, 0.2) is 38.0 Å². The molecule has 1 unspecified atom stereocenters. The molecule has 98 valence electrons. The number of rotatable bonds is 8. The number of hydrogen-bond donors (Lipinski definition) is 0. The Kier molecular flexibility index (Phi) is 15.6. The van der Waals surface area contributed by atoms with Gasteiger partial charge in [0.2, 0.25) is 0 Å². The first-order valence-corrected chi connectivity index (χ1v) is 6.18. The molecule has 0 aliphatic rings. The van der Waals surface area contributed by atoms with Crippen molar-refractivity contribution in [3.8, 4) is 0 Å². The van der Waals surface area contributed by atoms with Crippen LogP contribution in [0, 0.1) is 5.92 Å². The summed E-state index contributed by atoms with van der Waals surface area (Å²) in [6.07, 6.45) is 9.13. The van der Waals surface area contributed by atoms with Gasteiger partial charge in [-0.05, 0) is 12.3 Å². The van der Waals surface area contributed by atoms with Crippen molar-refractivity contribution in [1.82, 2.24) is 0 Å². The predicted molar refractivity (Wildman–Crippen MR) is 74.9 cm³/mol. The van der Waals surface area contributed by atoms with E-state index in [1.807, 2.05) is 0 Å². The van der Waals surface area contributed by atoms with Crippen molar-refractivity contribution in [1.29, 1.82) is 0 Å². The maximum Gasteiger partial charge on any atom is 0.330 e. The predicted octanol–water partition coefficient (Wildman–Crippen LogP) is 4.29. The molecule has 0 bridgehead atoms. The molecule has 2 heteroatoms. The number of ether oxygens (including phenoxy) is 1.